The summed E-state index contributed by atoms with van der Waals surface area (Å²) in [6.07, 6.45) is 1.30. The van der Waals surface area contributed by atoms with Crippen LogP contribution in [0.25, 0.3) is 6.08 Å². The van der Waals surface area contributed by atoms with E-state index in [2.05, 4.69) is 16.5 Å². The number of hydrogen-bond acceptors (Lipinski definition) is 4. The molecule has 0 bridgehead atoms. The lowest BCUT2D eigenvalue weighted by Gasteiger charge is -2.04. The number of methoxy groups -OCH3 is 1. The van der Waals surface area contributed by atoms with Crippen molar-refractivity contribution < 1.29 is 13.9 Å². The van der Waals surface area contributed by atoms with Gasteiger partial charge in [0.2, 0.25) is 0 Å². The van der Waals surface area contributed by atoms with Gasteiger partial charge in [-0.2, -0.15) is 0 Å². The van der Waals surface area contributed by atoms with Crippen molar-refractivity contribution in [3.8, 4) is 0 Å². The molecule has 0 heterocycles. The number of carbonyl (C=O) groups is 1. The molecule has 0 atom stereocenters. The molecule has 0 radical (unpaired) electrons. The predicted octanol–water partition coefficient (Wildman–Crippen LogP) is 2.65. The molecule has 0 spiro atoms. The molecule has 0 aromatic heterocycles. The number of ether oxygens (including phenoxy) is 1. The molecule has 0 saturated heterocycles. The van der Waals surface area contributed by atoms with E-state index in [0.29, 0.717) is 0 Å². The number of halogens is 1. The van der Waals surface area contributed by atoms with E-state index in [-0.39, 0.29) is 11.1 Å². The number of hydrogen-bond donors (Lipinski definition) is 0. The number of carbonyl (C=O) groups excluding carboxylic acids is 1. The molecule has 0 N–H and O–H groups in total. The van der Waals surface area contributed by atoms with Gasteiger partial charge in [-0.15, -0.1) is 4.91 Å². The van der Waals surface area contributed by atoms with Gasteiger partial charge in [0.05, 0.1) is 12.7 Å². The standard InChI is InChI=1S/C10H8FNO3/c1-3-6-4-8(11)9(12-14)5-7(6)10(13)15-2/h3-5H,1H2,2H3. The summed E-state index contributed by atoms with van der Waals surface area (Å²) in [6.45, 7) is 3.42. The van der Waals surface area contributed by atoms with Gasteiger partial charge in [-0.1, -0.05) is 12.7 Å². The van der Waals surface area contributed by atoms with Crippen LogP contribution in [0.15, 0.2) is 23.9 Å². The maximum Gasteiger partial charge on any atom is 0.338 e. The van der Waals surface area contributed by atoms with E-state index < -0.39 is 17.5 Å². The first-order valence-corrected chi connectivity index (χ1v) is 4.01. The summed E-state index contributed by atoms with van der Waals surface area (Å²) in [5.74, 6) is -1.47. The monoisotopic (exact) mass is 209 g/mol. The molecule has 1 aromatic rings. The number of esters is 1. The van der Waals surface area contributed by atoms with Crippen LogP contribution in [0.3, 0.4) is 0 Å². The van der Waals surface area contributed by atoms with Crippen LogP contribution in [0.1, 0.15) is 15.9 Å². The van der Waals surface area contributed by atoms with E-state index in [1.54, 1.807) is 0 Å². The van der Waals surface area contributed by atoms with E-state index >= 15 is 0 Å². The van der Waals surface area contributed by atoms with Gasteiger partial charge in [0, 0.05) is 0 Å². The van der Waals surface area contributed by atoms with E-state index in [0.717, 1.165) is 12.1 Å². The Morgan fingerprint density at radius 3 is 2.73 bits per heavy atom. The van der Waals surface area contributed by atoms with Gasteiger partial charge in [0.1, 0.15) is 5.69 Å². The smallest absolute Gasteiger partial charge is 0.338 e. The maximum absolute atomic E-state index is 13.1. The van der Waals surface area contributed by atoms with Crippen LogP contribution in [-0.4, -0.2) is 13.1 Å². The highest BCUT2D eigenvalue weighted by Gasteiger charge is 2.14. The molecule has 1 rings (SSSR count). The van der Waals surface area contributed by atoms with Crippen LogP contribution in [0.4, 0.5) is 10.1 Å². The Balaban J connectivity index is 3.41. The zero-order chi connectivity index (χ0) is 11.4. The van der Waals surface area contributed by atoms with Crippen molar-refractivity contribution in [1.82, 2.24) is 0 Å². The van der Waals surface area contributed by atoms with Gasteiger partial charge in [-0.25, -0.2) is 9.18 Å². The number of nitroso groups, excluding NO2 is 1. The minimum atomic E-state index is -0.799. The second-order valence-electron chi connectivity index (χ2n) is 2.68. The van der Waals surface area contributed by atoms with Gasteiger partial charge in [0.15, 0.2) is 5.82 Å². The lowest BCUT2D eigenvalue weighted by Crippen LogP contribution is -2.04. The van der Waals surface area contributed by atoms with Crippen LogP contribution in [0, 0.1) is 10.7 Å². The van der Waals surface area contributed by atoms with E-state index in [9.17, 15) is 14.1 Å². The van der Waals surface area contributed by atoms with Crippen LogP contribution in [0.2, 0.25) is 0 Å². The zero-order valence-corrected chi connectivity index (χ0v) is 7.99. The number of nitrogens with zero attached hydrogens (tertiary/aromatic N) is 1. The van der Waals surface area contributed by atoms with Gasteiger partial charge < -0.3 is 4.74 Å². The molecule has 0 aliphatic rings. The summed E-state index contributed by atoms with van der Waals surface area (Å²) < 4.78 is 17.6. The normalized spacial score (nSPS) is 9.47. The second-order valence-corrected chi connectivity index (χ2v) is 2.68. The third kappa shape index (κ3) is 2.07. The first-order chi connectivity index (χ1) is 7.13. The SMILES string of the molecule is C=Cc1cc(F)c(N=O)cc1C(=O)OC. The quantitative estimate of drug-likeness (QED) is 0.568. The molecule has 78 valence electrons. The highest BCUT2D eigenvalue weighted by molar-refractivity contribution is 5.94. The van der Waals surface area contributed by atoms with Crippen molar-refractivity contribution >= 4 is 17.7 Å². The molecule has 0 fully saturated rings. The molecule has 5 heteroatoms. The fourth-order valence-corrected chi connectivity index (χ4v) is 1.10. The van der Waals surface area contributed by atoms with Gasteiger partial charge >= 0.3 is 5.97 Å². The number of rotatable bonds is 3. The Morgan fingerprint density at radius 2 is 2.27 bits per heavy atom. The van der Waals surface area contributed by atoms with Crippen molar-refractivity contribution in [2.45, 2.75) is 0 Å². The Bertz CT molecular complexity index is 429. The van der Waals surface area contributed by atoms with Gasteiger partial charge in [-0.3, -0.25) is 0 Å². The van der Waals surface area contributed by atoms with E-state index in [4.69, 9.17) is 0 Å². The van der Waals surface area contributed by atoms with Crippen LogP contribution in [-0.2, 0) is 4.74 Å². The number of benzene rings is 1. The maximum atomic E-state index is 13.1. The summed E-state index contributed by atoms with van der Waals surface area (Å²) in [5, 5.41) is 2.46. The Hall–Kier alpha value is -2.04. The van der Waals surface area contributed by atoms with Crippen molar-refractivity contribution in [3.05, 3.63) is 40.6 Å². The molecule has 0 aliphatic heterocycles. The topological polar surface area (TPSA) is 55.7 Å². The minimum Gasteiger partial charge on any atom is -0.465 e. The first-order valence-electron chi connectivity index (χ1n) is 4.01. The third-order valence-electron chi connectivity index (χ3n) is 1.84. The summed E-state index contributed by atoms with van der Waals surface area (Å²) in [5.41, 5.74) is -0.115. The van der Waals surface area contributed by atoms with Crippen LogP contribution in [0.5, 0.6) is 0 Å². The summed E-state index contributed by atoms with van der Waals surface area (Å²) in [4.78, 5) is 21.5. The van der Waals surface area contributed by atoms with Crippen LogP contribution < -0.4 is 0 Å². The van der Waals surface area contributed by atoms with Crippen molar-refractivity contribution in [2.24, 2.45) is 5.18 Å². The summed E-state index contributed by atoms with van der Waals surface area (Å²) in [7, 11) is 1.19. The fourth-order valence-electron chi connectivity index (χ4n) is 1.10. The predicted molar refractivity (Wildman–Crippen MR) is 53.3 cm³/mol. The molecule has 0 unspecified atom stereocenters. The van der Waals surface area contributed by atoms with E-state index in [1.807, 2.05) is 0 Å². The average molecular weight is 209 g/mol. The first kappa shape index (κ1) is 11.0. The second kappa shape index (κ2) is 4.45. The highest BCUT2D eigenvalue weighted by atomic mass is 19.1. The molecule has 0 amide bonds. The molecule has 4 nitrogen and oxygen atoms in total. The molecular formula is C10H8FNO3. The average Bonchev–Trinajstić information content (AvgIpc) is 2.27. The summed E-state index contributed by atoms with van der Waals surface area (Å²) >= 11 is 0. The third-order valence-corrected chi connectivity index (χ3v) is 1.84. The Kier molecular flexibility index (Phi) is 3.28. The highest BCUT2D eigenvalue weighted by Crippen LogP contribution is 2.24. The van der Waals surface area contributed by atoms with Gasteiger partial charge in [-0.05, 0) is 22.9 Å². The minimum absolute atomic E-state index is 0.0588. The van der Waals surface area contributed by atoms with Crippen molar-refractivity contribution in [3.63, 3.8) is 0 Å². The molecule has 0 aliphatic carbocycles. The lowest BCUT2D eigenvalue weighted by atomic mass is 10.1. The molecule has 15 heavy (non-hydrogen) atoms. The van der Waals surface area contributed by atoms with E-state index in [1.165, 1.54) is 13.2 Å². The summed E-state index contributed by atoms with van der Waals surface area (Å²) in [6, 6.07) is 2.04. The Morgan fingerprint density at radius 1 is 1.60 bits per heavy atom. The van der Waals surface area contributed by atoms with Crippen molar-refractivity contribution in [2.75, 3.05) is 7.11 Å². The van der Waals surface area contributed by atoms with Crippen molar-refractivity contribution in [1.29, 1.82) is 0 Å². The molecular weight excluding hydrogens is 201 g/mol. The van der Waals surface area contributed by atoms with Gasteiger partial charge in [0.25, 0.3) is 0 Å². The molecule has 0 saturated carbocycles. The van der Waals surface area contributed by atoms with Crippen LogP contribution >= 0.6 is 0 Å². The fraction of sp³-hybridized carbons (Fsp3) is 0.100. The lowest BCUT2D eigenvalue weighted by molar-refractivity contribution is 0.0600. The Labute approximate surface area is 85.3 Å². The molecule has 1 aromatic carbocycles. The largest absolute Gasteiger partial charge is 0.465 e. The zero-order valence-electron chi connectivity index (χ0n) is 7.99.